The molecule has 0 aromatic heterocycles. The quantitative estimate of drug-likeness (QED) is 0.804. The zero-order valence-electron chi connectivity index (χ0n) is 16.0. The zero-order valence-corrected chi connectivity index (χ0v) is 16.0. The van der Waals surface area contributed by atoms with Gasteiger partial charge in [-0.2, -0.15) is 0 Å². The van der Waals surface area contributed by atoms with Crippen molar-refractivity contribution in [2.24, 2.45) is 5.41 Å². The molecule has 1 N–H and O–H groups in total. The molecule has 134 valence electrons. The van der Waals surface area contributed by atoms with E-state index in [0.717, 1.165) is 6.54 Å². The van der Waals surface area contributed by atoms with Crippen LogP contribution in [0, 0.1) is 12.3 Å². The van der Waals surface area contributed by atoms with Gasteiger partial charge in [-0.15, -0.1) is 0 Å². The van der Waals surface area contributed by atoms with E-state index in [2.05, 4.69) is 55.3 Å². The highest BCUT2D eigenvalue weighted by molar-refractivity contribution is 5.28. The summed E-state index contributed by atoms with van der Waals surface area (Å²) in [5, 5.41) is 3.59. The molecule has 0 radical (unpaired) electrons. The summed E-state index contributed by atoms with van der Waals surface area (Å²) >= 11 is 0. The van der Waals surface area contributed by atoms with E-state index < -0.39 is 0 Å². The van der Waals surface area contributed by atoms with Crippen LogP contribution in [0.3, 0.4) is 0 Å². The van der Waals surface area contributed by atoms with Gasteiger partial charge in [-0.05, 0) is 37.7 Å². The van der Waals surface area contributed by atoms with Gasteiger partial charge >= 0.3 is 0 Å². The van der Waals surface area contributed by atoms with Crippen LogP contribution in [-0.2, 0) is 0 Å². The minimum absolute atomic E-state index is 0.457. The van der Waals surface area contributed by atoms with E-state index in [1.165, 1.54) is 63.7 Å². The van der Waals surface area contributed by atoms with Crippen molar-refractivity contribution in [2.45, 2.75) is 71.3 Å². The van der Waals surface area contributed by atoms with Crippen LogP contribution in [0.2, 0.25) is 0 Å². The van der Waals surface area contributed by atoms with E-state index in [1.807, 2.05) is 0 Å². The molecule has 0 amide bonds. The Balaban J connectivity index is 1.85. The summed E-state index contributed by atoms with van der Waals surface area (Å²) in [5.74, 6) is 0.667. The minimum atomic E-state index is 0.457. The number of rotatable bonds is 4. The molecule has 1 aromatic carbocycles. The first-order valence-corrected chi connectivity index (χ1v) is 10.1. The van der Waals surface area contributed by atoms with Crippen LogP contribution in [-0.4, -0.2) is 37.1 Å². The fraction of sp³-hybridized carbons (Fsp3) is 0.727. The number of piperazine rings is 1. The number of benzene rings is 1. The van der Waals surface area contributed by atoms with Gasteiger partial charge in [0.1, 0.15) is 0 Å². The van der Waals surface area contributed by atoms with E-state index in [1.54, 1.807) is 5.56 Å². The van der Waals surface area contributed by atoms with Crippen molar-refractivity contribution in [1.29, 1.82) is 0 Å². The number of aryl methyl sites for hydroxylation is 1. The summed E-state index contributed by atoms with van der Waals surface area (Å²) in [5.41, 5.74) is 3.44. The van der Waals surface area contributed by atoms with Crippen LogP contribution >= 0.6 is 0 Å². The van der Waals surface area contributed by atoms with Crippen molar-refractivity contribution >= 4 is 0 Å². The van der Waals surface area contributed by atoms with Gasteiger partial charge in [-0.25, -0.2) is 0 Å². The Hall–Kier alpha value is -0.860. The highest BCUT2D eigenvalue weighted by atomic mass is 15.2. The van der Waals surface area contributed by atoms with Crippen LogP contribution < -0.4 is 5.32 Å². The largest absolute Gasteiger partial charge is 0.312 e. The summed E-state index contributed by atoms with van der Waals surface area (Å²) in [6.45, 7) is 11.9. The molecule has 2 aliphatic rings. The maximum atomic E-state index is 3.59. The lowest BCUT2D eigenvalue weighted by Crippen LogP contribution is -2.51. The molecule has 1 aliphatic heterocycles. The van der Waals surface area contributed by atoms with Crippen molar-refractivity contribution in [1.82, 2.24) is 10.2 Å². The summed E-state index contributed by atoms with van der Waals surface area (Å²) in [7, 11) is 0. The van der Waals surface area contributed by atoms with Gasteiger partial charge in [0.2, 0.25) is 0 Å². The second-order valence-electron chi connectivity index (χ2n) is 8.65. The molecule has 1 aromatic rings. The molecule has 1 saturated carbocycles. The van der Waals surface area contributed by atoms with Gasteiger partial charge < -0.3 is 5.32 Å². The van der Waals surface area contributed by atoms with Crippen LogP contribution in [0.15, 0.2) is 24.3 Å². The topological polar surface area (TPSA) is 15.3 Å². The molecular weight excluding hydrogens is 292 g/mol. The minimum Gasteiger partial charge on any atom is -0.312 e. The molecule has 24 heavy (non-hydrogen) atoms. The standard InChI is InChI=1S/C22H36N2/c1-18-9-8-10-20(15-18)21(17-24-14-13-23-19(2)16-24)22(3)11-6-4-5-7-12-22/h8-10,15,19,21,23H,4-7,11-14,16-17H2,1-3H3. The molecule has 0 spiro atoms. The molecule has 2 nitrogen and oxygen atoms in total. The molecule has 3 rings (SSSR count). The zero-order chi connectivity index (χ0) is 17.0. The van der Waals surface area contributed by atoms with Gasteiger partial charge in [0.25, 0.3) is 0 Å². The molecule has 2 unspecified atom stereocenters. The Morgan fingerprint density at radius 3 is 2.62 bits per heavy atom. The first-order valence-electron chi connectivity index (χ1n) is 10.1. The SMILES string of the molecule is Cc1cccc(C(CN2CCNC(C)C2)C2(C)CCCCCC2)c1. The van der Waals surface area contributed by atoms with Gasteiger partial charge in [-0.1, -0.05) is 62.4 Å². The number of hydrogen-bond donors (Lipinski definition) is 1. The van der Waals surface area contributed by atoms with Gasteiger partial charge in [0.15, 0.2) is 0 Å². The van der Waals surface area contributed by atoms with E-state index in [-0.39, 0.29) is 0 Å². The number of nitrogens with zero attached hydrogens (tertiary/aromatic N) is 1. The smallest absolute Gasteiger partial charge is 0.0167 e. The summed E-state index contributed by atoms with van der Waals surface area (Å²) in [6, 6.07) is 9.96. The molecule has 1 saturated heterocycles. The van der Waals surface area contributed by atoms with Crippen molar-refractivity contribution < 1.29 is 0 Å². The molecule has 1 heterocycles. The normalized spacial score (nSPS) is 26.7. The fourth-order valence-corrected chi connectivity index (χ4v) is 4.94. The average Bonchev–Trinajstić information content (AvgIpc) is 2.78. The number of hydrogen-bond acceptors (Lipinski definition) is 2. The molecule has 2 heteroatoms. The second kappa shape index (κ2) is 8.01. The lowest BCUT2D eigenvalue weighted by atomic mass is 9.68. The van der Waals surface area contributed by atoms with Crippen LogP contribution in [0.1, 0.15) is 69.4 Å². The van der Waals surface area contributed by atoms with Crippen molar-refractivity contribution in [3.05, 3.63) is 35.4 Å². The third-order valence-electron chi connectivity index (χ3n) is 6.43. The van der Waals surface area contributed by atoms with Crippen LogP contribution in [0.25, 0.3) is 0 Å². The number of nitrogens with one attached hydrogen (secondary N) is 1. The van der Waals surface area contributed by atoms with E-state index in [9.17, 15) is 0 Å². The summed E-state index contributed by atoms with van der Waals surface area (Å²) < 4.78 is 0. The summed E-state index contributed by atoms with van der Waals surface area (Å²) in [4.78, 5) is 2.71. The monoisotopic (exact) mass is 328 g/mol. The van der Waals surface area contributed by atoms with Gasteiger partial charge in [0, 0.05) is 38.1 Å². The molecular formula is C22H36N2. The van der Waals surface area contributed by atoms with E-state index in [0.29, 0.717) is 17.4 Å². The van der Waals surface area contributed by atoms with Crippen molar-refractivity contribution in [3.8, 4) is 0 Å². The first kappa shape index (κ1) is 17.9. The highest BCUT2D eigenvalue weighted by Crippen LogP contribution is 2.46. The van der Waals surface area contributed by atoms with Crippen LogP contribution in [0.4, 0.5) is 0 Å². The lowest BCUT2D eigenvalue weighted by molar-refractivity contribution is 0.131. The Kier molecular flexibility index (Phi) is 5.99. The average molecular weight is 329 g/mol. The van der Waals surface area contributed by atoms with Crippen molar-refractivity contribution in [3.63, 3.8) is 0 Å². The van der Waals surface area contributed by atoms with Gasteiger partial charge in [0.05, 0.1) is 0 Å². The Bertz CT molecular complexity index is 516. The Labute approximate surface area is 149 Å². The third kappa shape index (κ3) is 4.40. The Morgan fingerprint density at radius 1 is 1.21 bits per heavy atom. The van der Waals surface area contributed by atoms with E-state index in [4.69, 9.17) is 0 Å². The second-order valence-corrected chi connectivity index (χ2v) is 8.65. The predicted octanol–water partition coefficient (Wildman–Crippen LogP) is 4.73. The maximum absolute atomic E-state index is 3.59. The van der Waals surface area contributed by atoms with E-state index >= 15 is 0 Å². The van der Waals surface area contributed by atoms with Gasteiger partial charge in [-0.3, -0.25) is 4.90 Å². The predicted molar refractivity (Wildman–Crippen MR) is 104 cm³/mol. The maximum Gasteiger partial charge on any atom is 0.0167 e. The molecule has 2 atom stereocenters. The molecule has 0 bridgehead atoms. The van der Waals surface area contributed by atoms with Crippen molar-refractivity contribution in [2.75, 3.05) is 26.2 Å². The molecule has 1 aliphatic carbocycles. The summed E-state index contributed by atoms with van der Waals surface area (Å²) in [6.07, 6.45) is 8.48. The molecule has 2 fully saturated rings. The lowest BCUT2D eigenvalue weighted by Gasteiger charge is -2.42. The van der Waals surface area contributed by atoms with Crippen LogP contribution in [0.5, 0.6) is 0 Å². The first-order chi connectivity index (χ1) is 11.6. The highest BCUT2D eigenvalue weighted by Gasteiger charge is 2.37. The third-order valence-corrected chi connectivity index (χ3v) is 6.43. The fourth-order valence-electron chi connectivity index (χ4n) is 4.94. The Morgan fingerprint density at radius 2 is 1.96 bits per heavy atom.